The van der Waals surface area contributed by atoms with Crippen molar-refractivity contribution in [3.05, 3.63) is 11.6 Å². The van der Waals surface area contributed by atoms with Gasteiger partial charge in [0.15, 0.2) is 5.79 Å². The molecule has 3 spiro atoms. The van der Waals surface area contributed by atoms with Crippen LogP contribution in [0, 0.1) is 44.8 Å². The molecule has 4 saturated carbocycles. The SMILES string of the molecule is CC1CC2OC3(OC2C(C)(C)O)C1C1(C)CCC24CC25CCC(=O)C(C)(C)C5CC=C4C1(C)C3O. The number of rotatable bonds is 1. The van der Waals surface area contributed by atoms with Crippen LogP contribution >= 0.6 is 0 Å². The average Bonchev–Trinajstić information content (AvgIpc) is 3.28. The van der Waals surface area contributed by atoms with Crippen molar-refractivity contribution in [3.8, 4) is 0 Å². The van der Waals surface area contributed by atoms with Crippen molar-refractivity contribution in [2.75, 3.05) is 0 Å². The molecule has 35 heavy (non-hydrogen) atoms. The number of fused-ring (bicyclic) bond motifs is 4. The van der Waals surface area contributed by atoms with Crippen molar-refractivity contribution in [3.63, 3.8) is 0 Å². The Kier molecular flexibility index (Phi) is 4.08. The van der Waals surface area contributed by atoms with E-state index in [-0.39, 0.29) is 33.7 Å². The fourth-order valence-corrected chi connectivity index (χ4v) is 11.7. The minimum Gasteiger partial charge on any atom is -0.388 e. The van der Waals surface area contributed by atoms with E-state index in [9.17, 15) is 15.0 Å². The molecule has 11 unspecified atom stereocenters. The lowest BCUT2D eigenvalue weighted by molar-refractivity contribution is -0.279. The summed E-state index contributed by atoms with van der Waals surface area (Å²) in [6, 6.07) is 0. The van der Waals surface area contributed by atoms with Crippen molar-refractivity contribution in [1.29, 1.82) is 0 Å². The molecule has 5 nitrogen and oxygen atoms in total. The van der Waals surface area contributed by atoms with Crippen LogP contribution in [0.4, 0.5) is 0 Å². The Hall–Kier alpha value is -0.750. The van der Waals surface area contributed by atoms with Gasteiger partial charge in [0.1, 0.15) is 18.0 Å². The van der Waals surface area contributed by atoms with Crippen LogP contribution in [-0.2, 0) is 14.3 Å². The van der Waals surface area contributed by atoms with Crippen molar-refractivity contribution >= 4 is 5.78 Å². The standard InChI is InChI=1S/C30H44O5/c1-16-14-17-22(25(4,5)33)35-30(34-17)21(16)26(6)12-13-29-15-28(29)11-10-20(31)24(2,3)18(28)8-9-19(29)27(26,7)23(30)32/h9,16-18,21-23,32-33H,8,10-15H2,1-7H3. The minimum atomic E-state index is -1.07. The Morgan fingerprint density at radius 3 is 2.49 bits per heavy atom. The molecule has 0 aromatic rings. The van der Waals surface area contributed by atoms with Gasteiger partial charge in [-0.25, -0.2) is 0 Å². The van der Waals surface area contributed by atoms with E-state index in [4.69, 9.17) is 9.47 Å². The third kappa shape index (κ3) is 2.21. The summed E-state index contributed by atoms with van der Waals surface area (Å²) in [6.07, 6.45) is 7.86. The molecular formula is C30H44O5. The maximum atomic E-state index is 12.9. The molecule has 2 N–H and O–H groups in total. The first kappa shape index (κ1) is 23.4. The summed E-state index contributed by atoms with van der Waals surface area (Å²) in [5.74, 6) is 0.175. The first-order valence-electron chi connectivity index (χ1n) is 14.1. The van der Waals surface area contributed by atoms with Crippen LogP contribution in [0.1, 0.15) is 93.4 Å². The second-order valence-electron chi connectivity index (χ2n) is 15.2. The van der Waals surface area contributed by atoms with Crippen LogP contribution in [0.2, 0.25) is 0 Å². The van der Waals surface area contributed by atoms with Gasteiger partial charge in [-0.2, -0.15) is 0 Å². The number of Topliss-reactive ketones (excluding diaryl/α,β-unsaturated/α-hetero) is 1. The van der Waals surface area contributed by atoms with E-state index in [0.717, 1.165) is 38.5 Å². The van der Waals surface area contributed by atoms with E-state index >= 15 is 0 Å². The molecule has 6 fully saturated rings. The zero-order valence-electron chi connectivity index (χ0n) is 22.6. The molecule has 2 saturated heterocycles. The van der Waals surface area contributed by atoms with Gasteiger partial charge in [0, 0.05) is 23.2 Å². The maximum Gasteiger partial charge on any atom is 0.199 e. The number of hydrogen-bond donors (Lipinski definition) is 2. The summed E-state index contributed by atoms with van der Waals surface area (Å²) in [4.78, 5) is 12.9. The lowest BCUT2D eigenvalue weighted by Crippen LogP contribution is -2.55. The molecule has 5 aliphatic carbocycles. The van der Waals surface area contributed by atoms with E-state index in [1.807, 2.05) is 0 Å². The van der Waals surface area contributed by atoms with E-state index in [0.29, 0.717) is 24.0 Å². The van der Waals surface area contributed by atoms with Gasteiger partial charge in [0.05, 0.1) is 11.7 Å². The van der Waals surface area contributed by atoms with Crippen LogP contribution in [0.25, 0.3) is 0 Å². The molecule has 2 bridgehead atoms. The zero-order valence-corrected chi connectivity index (χ0v) is 22.6. The lowest BCUT2D eigenvalue weighted by Gasteiger charge is -2.59. The highest BCUT2D eigenvalue weighted by molar-refractivity contribution is 5.86. The number of aliphatic hydroxyl groups excluding tert-OH is 1. The Labute approximate surface area is 210 Å². The van der Waals surface area contributed by atoms with Crippen molar-refractivity contribution in [2.45, 2.75) is 123 Å². The second kappa shape index (κ2) is 6.11. The Morgan fingerprint density at radius 2 is 1.80 bits per heavy atom. The number of aliphatic hydroxyl groups is 2. The summed E-state index contributed by atoms with van der Waals surface area (Å²) >= 11 is 0. The number of allylic oxidation sites excluding steroid dienone is 1. The number of ether oxygens (including phenoxy) is 2. The molecule has 0 amide bonds. The van der Waals surface area contributed by atoms with Crippen LogP contribution in [0.3, 0.4) is 0 Å². The largest absolute Gasteiger partial charge is 0.388 e. The predicted molar refractivity (Wildman–Crippen MR) is 131 cm³/mol. The monoisotopic (exact) mass is 484 g/mol. The molecule has 7 rings (SSSR count). The summed E-state index contributed by atoms with van der Waals surface area (Å²) < 4.78 is 13.5. The molecule has 5 heteroatoms. The number of carbonyl (C=O) groups excluding carboxylic acids is 1. The van der Waals surface area contributed by atoms with E-state index in [1.165, 1.54) is 5.57 Å². The fraction of sp³-hybridized carbons (Fsp3) is 0.900. The fourth-order valence-electron chi connectivity index (χ4n) is 11.7. The van der Waals surface area contributed by atoms with Crippen molar-refractivity contribution in [2.24, 2.45) is 44.8 Å². The molecule has 2 aliphatic heterocycles. The van der Waals surface area contributed by atoms with Crippen molar-refractivity contribution in [1.82, 2.24) is 0 Å². The maximum absolute atomic E-state index is 12.9. The predicted octanol–water partition coefficient (Wildman–Crippen LogP) is 4.79. The van der Waals surface area contributed by atoms with Gasteiger partial charge in [-0.15, -0.1) is 0 Å². The minimum absolute atomic E-state index is 0.0775. The third-order valence-corrected chi connectivity index (χ3v) is 13.3. The molecule has 7 aliphatic rings. The summed E-state index contributed by atoms with van der Waals surface area (Å²) in [5.41, 5.74) is -0.163. The van der Waals surface area contributed by atoms with Crippen LogP contribution in [0.5, 0.6) is 0 Å². The lowest BCUT2D eigenvalue weighted by atomic mass is 9.45. The average molecular weight is 485 g/mol. The molecule has 2 heterocycles. The van der Waals surface area contributed by atoms with Gasteiger partial charge in [-0.3, -0.25) is 4.79 Å². The van der Waals surface area contributed by atoms with Crippen LogP contribution in [-0.4, -0.2) is 45.7 Å². The molecule has 11 atom stereocenters. The quantitative estimate of drug-likeness (QED) is 0.524. The highest BCUT2D eigenvalue weighted by atomic mass is 16.8. The zero-order chi connectivity index (χ0) is 25.2. The molecule has 0 radical (unpaired) electrons. The second-order valence-corrected chi connectivity index (χ2v) is 15.2. The molecule has 0 aromatic carbocycles. The van der Waals surface area contributed by atoms with Crippen LogP contribution < -0.4 is 0 Å². The first-order chi connectivity index (χ1) is 16.1. The summed E-state index contributed by atoms with van der Waals surface area (Å²) in [6.45, 7) is 14.9. The highest BCUT2D eigenvalue weighted by Gasteiger charge is 2.86. The van der Waals surface area contributed by atoms with Gasteiger partial charge < -0.3 is 19.7 Å². The Balaban J connectivity index is 1.37. The molecule has 0 aromatic heterocycles. The number of carbonyl (C=O) groups is 1. The van der Waals surface area contributed by atoms with Crippen molar-refractivity contribution < 1.29 is 24.5 Å². The first-order valence-corrected chi connectivity index (χ1v) is 14.1. The molecular weight excluding hydrogens is 440 g/mol. The Bertz CT molecular complexity index is 1060. The molecule has 194 valence electrons. The third-order valence-electron chi connectivity index (χ3n) is 13.3. The summed E-state index contributed by atoms with van der Waals surface area (Å²) in [7, 11) is 0. The van der Waals surface area contributed by atoms with E-state index < -0.39 is 29.0 Å². The number of ketones is 1. The Morgan fingerprint density at radius 1 is 1.09 bits per heavy atom. The van der Waals surface area contributed by atoms with Gasteiger partial charge >= 0.3 is 0 Å². The van der Waals surface area contributed by atoms with Gasteiger partial charge in [-0.1, -0.05) is 46.3 Å². The van der Waals surface area contributed by atoms with Gasteiger partial charge in [0.2, 0.25) is 0 Å². The van der Waals surface area contributed by atoms with E-state index in [1.54, 1.807) is 13.8 Å². The highest BCUT2D eigenvalue weighted by Crippen LogP contribution is 2.88. The van der Waals surface area contributed by atoms with Gasteiger partial charge in [0.25, 0.3) is 0 Å². The number of hydrogen-bond acceptors (Lipinski definition) is 5. The van der Waals surface area contributed by atoms with Crippen LogP contribution in [0.15, 0.2) is 11.6 Å². The topological polar surface area (TPSA) is 76.0 Å². The smallest absolute Gasteiger partial charge is 0.199 e. The summed E-state index contributed by atoms with van der Waals surface area (Å²) in [5, 5.41) is 23.4. The van der Waals surface area contributed by atoms with Gasteiger partial charge in [-0.05, 0) is 80.5 Å². The van der Waals surface area contributed by atoms with E-state index in [2.05, 4.69) is 40.7 Å². The normalized spacial score (nSPS) is 59.6.